The number of phosphoric acid groups is 1. The van der Waals surface area contributed by atoms with Crippen LogP contribution in [0, 0.1) is 10.8 Å². The summed E-state index contributed by atoms with van der Waals surface area (Å²) >= 11 is 0. The van der Waals surface area contributed by atoms with E-state index in [2.05, 4.69) is 0 Å². The third-order valence-electron chi connectivity index (χ3n) is 4.20. The first-order chi connectivity index (χ1) is 11.6. The van der Waals surface area contributed by atoms with Gasteiger partial charge in [-0.05, 0) is 12.1 Å². The smallest absolute Gasteiger partial charge is 0.303 e. The molecule has 0 radical (unpaired) electrons. The van der Waals surface area contributed by atoms with Gasteiger partial charge >= 0.3 is 7.82 Å². The van der Waals surface area contributed by atoms with E-state index in [1.54, 1.807) is 53.7 Å². The Labute approximate surface area is 152 Å². The molecule has 1 heterocycles. The van der Waals surface area contributed by atoms with E-state index < -0.39 is 36.3 Å². The average molecular weight is 385 g/mol. The average Bonchev–Trinajstić information content (AvgIpc) is 2.68. The normalized spacial score (nSPS) is 16.2. The molecule has 0 saturated carbocycles. The van der Waals surface area contributed by atoms with Crippen molar-refractivity contribution in [2.75, 3.05) is 0 Å². The lowest BCUT2D eigenvalue weighted by molar-refractivity contribution is -0.361. The van der Waals surface area contributed by atoms with E-state index in [9.17, 15) is 23.9 Å². The molecule has 0 saturated heterocycles. The number of imide groups is 1. The van der Waals surface area contributed by atoms with Crippen LogP contribution in [0.1, 0.15) is 62.3 Å². The topological polar surface area (TPSA) is 113 Å². The number of carbonyl (C=O) groups is 2. The highest BCUT2D eigenvalue weighted by molar-refractivity contribution is 7.46. The molecule has 2 amide bonds. The fraction of sp³-hybridized carbons (Fsp3) is 0.529. The van der Waals surface area contributed by atoms with Gasteiger partial charge in [0.2, 0.25) is 5.79 Å². The van der Waals surface area contributed by atoms with E-state index in [4.69, 9.17) is 9.36 Å². The van der Waals surface area contributed by atoms with Crippen LogP contribution in [0.2, 0.25) is 0 Å². The molecule has 144 valence electrons. The molecule has 9 heteroatoms. The molecule has 0 aromatic heterocycles. The van der Waals surface area contributed by atoms with Crippen LogP contribution in [0.15, 0.2) is 24.3 Å². The molecule has 2 N–H and O–H groups in total. The number of rotatable bonds is 4. The number of phosphoric ester groups is 1. The quantitative estimate of drug-likeness (QED) is 0.465. The lowest BCUT2D eigenvalue weighted by atomic mass is 9.70. The van der Waals surface area contributed by atoms with Gasteiger partial charge in [0.15, 0.2) is 0 Å². The molecule has 0 unspecified atom stereocenters. The zero-order valence-electron chi connectivity index (χ0n) is 15.6. The van der Waals surface area contributed by atoms with Gasteiger partial charge < -0.3 is 9.79 Å². The maximum Gasteiger partial charge on any atom is 0.472 e. The van der Waals surface area contributed by atoms with Gasteiger partial charge in [0.05, 0.1) is 11.1 Å². The summed E-state index contributed by atoms with van der Waals surface area (Å²) in [5.74, 6) is -3.40. The Morgan fingerprint density at radius 1 is 0.885 bits per heavy atom. The van der Waals surface area contributed by atoms with Gasteiger partial charge in [0.25, 0.3) is 11.8 Å². The second-order valence-electron chi connectivity index (χ2n) is 8.24. The first kappa shape index (κ1) is 20.7. The SMILES string of the molecule is CC(C)(C)C(ON1C(=O)c2ccccc2C1=O)(OP(=O)(O)O)C(C)(C)C. The fourth-order valence-corrected chi connectivity index (χ4v) is 4.15. The van der Waals surface area contributed by atoms with E-state index in [1.165, 1.54) is 12.1 Å². The Bertz CT molecular complexity index is 736. The molecule has 1 aliphatic heterocycles. The van der Waals surface area contributed by atoms with Crippen molar-refractivity contribution in [2.45, 2.75) is 47.3 Å². The van der Waals surface area contributed by atoms with E-state index in [0.29, 0.717) is 5.06 Å². The molecule has 1 aromatic carbocycles. The molecule has 26 heavy (non-hydrogen) atoms. The van der Waals surface area contributed by atoms with Crippen LogP contribution in [0.5, 0.6) is 0 Å². The predicted octanol–water partition coefficient (Wildman–Crippen LogP) is 3.11. The number of amides is 2. The highest BCUT2D eigenvalue weighted by Crippen LogP contribution is 2.56. The minimum atomic E-state index is -5.02. The number of hydroxylamine groups is 2. The summed E-state index contributed by atoms with van der Waals surface area (Å²) in [5.41, 5.74) is -1.71. The van der Waals surface area contributed by atoms with Gasteiger partial charge in [-0.15, -0.1) is 5.06 Å². The Morgan fingerprint density at radius 2 is 1.27 bits per heavy atom. The van der Waals surface area contributed by atoms with Gasteiger partial charge in [-0.3, -0.25) is 14.1 Å². The van der Waals surface area contributed by atoms with Crippen molar-refractivity contribution < 1.29 is 33.3 Å². The van der Waals surface area contributed by atoms with Crippen LogP contribution in [-0.4, -0.2) is 32.5 Å². The summed E-state index contributed by atoms with van der Waals surface area (Å²) in [5, 5.41) is 0.525. The molecular weight excluding hydrogens is 361 g/mol. The summed E-state index contributed by atoms with van der Waals surface area (Å²) in [4.78, 5) is 50.0. The zero-order chi connectivity index (χ0) is 20.1. The summed E-state index contributed by atoms with van der Waals surface area (Å²) in [7, 11) is -5.02. The monoisotopic (exact) mass is 385 g/mol. The predicted molar refractivity (Wildman–Crippen MR) is 92.8 cm³/mol. The van der Waals surface area contributed by atoms with Gasteiger partial charge in [-0.1, -0.05) is 53.7 Å². The molecule has 2 rings (SSSR count). The first-order valence-corrected chi connectivity index (χ1v) is 9.57. The first-order valence-electron chi connectivity index (χ1n) is 8.04. The number of hydrogen-bond donors (Lipinski definition) is 2. The molecular formula is C17H24NO7P. The lowest BCUT2D eigenvalue weighted by Crippen LogP contribution is -2.60. The molecule has 0 fully saturated rings. The van der Waals surface area contributed by atoms with Crippen LogP contribution in [0.25, 0.3) is 0 Å². The van der Waals surface area contributed by atoms with E-state index in [1.807, 2.05) is 0 Å². The summed E-state index contributed by atoms with van der Waals surface area (Å²) in [6.45, 7) is 9.87. The molecule has 1 aromatic rings. The highest BCUT2D eigenvalue weighted by Gasteiger charge is 2.60. The highest BCUT2D eigenvalue weighted by atomic mass is 31.2. The van der Waals surface area contributed by atoms with Crippen molar-refractivity contribution >= 4 is 19.6 Å². The van der Waals surface area contributed by atoms with Crippen molar-refractivity contribution in [3.63, 3.8) is 0 Å². The number of nitrogens with zero attached hydrogens (tertiary/aromatic N) is 1. The minimum Gasteiger partial charge on any atom is -0.303 e. The largest absolute Gasteiger partial charge is 0.472 e. The number of benzene rings is 1. The van der Waals surface area contributed by atoms with Crippen LogP contribution in [0.4, 0.5) is 0 Å². The van der Waals surface area contributed by atoms with Crippen molar-refractivity contribution in [2.24, 2.45) is 10.8 Å². The number of carbonyl (C=O) groups excluding carboxylic acids is 2. The Morgan fingerprint density at radius 3 is 1.58 bits per heavy atom. The Kier molecular flexibility index (Phi) is 4.98. The van der Waals surface area contributed by atoms with Crippen molar-refractivity contribution in [3.8, 4) is 0 Å². The number of hydrogen-bond acceptors (Lipinski definition) is 5. The standard InChI is InChI=1S/C17H24NO7P/c1-15(2,3)17(16(4,5)6,25-26(21,22)23)24-18-13(19)11-9-7-8-10-12(11)14(18)20/h7-10H,1-6H3,(H2,21,22,23). The number of fused-ring (bicyclic) bond motifs is 1. The van der Waals surface area contributed by atoms with Crippen LogP contribution >= 0.6 is 7.82 Å². The van der Waals surface area contributed by atoms with Crippen molar-refractivity contribution in [1.82, 2.24) is 5.06 Å². The Hall–Kier alpha value is -1.57. The lowest BCUT2D eigenvalue weighted by Gasteiger charge is -2.51. The minimum absolute atomic E-state index is 0.158. The molecule has 0 bridgehead atoms. The summed E-state index contributed by atoms with van der Waals surface area (Å²) < 4.78 is 16.8. The second-order valence-corrected chi connectivity index (χ2v) is 9.40. The zero-order valence-corrected chi connectivity index (χ0v) is 16.5. The van der Waals surface area contributed by atoms with Crippen molar-refractivity contribution in [3.05, 3.63) is 35.4 Å². The van der Waals surface area contributed by atoms with Crippen LogP contribution in [-0.2, 0) is 13.9 Å². The Balaban J connectivity index is 2.57. The van der Waals surface area contributed by atoms with E-state index >= 15 is 0 Å². The maximum absolute atomic E-state index is 12.6. The van der Waals surface area contributed by atoms with Gasteiger partial charge in [0.1, 0.15) is 0 Å². The molecule has 8 nitrogen and oxygen atoms in total. The third-order valence-corrected chi connectivity index (χ3v) is 4.69. The summed E-state index contributed by atoms with van der Waals surface area (Å²) in [6.07, 6.45) is 0. The molecule has 0 atom stereocenters. The molecule has 0 spiro atoms. The fourth-order valence-electron chi connectivity index (χ4n) is 3.24. The second kappa shape index (κ2) is 6.25. The van der Waals surface area contributed by atoms with Gasteiger partial charge in [-0.25, -0.2) is 9.40 Å². The molecule has 1 aliphatic rings. The van der Waals surface area contributed by atoms with Crippen LogP contribution < -0.4 is 0 Å². The summed E-state index contributed by atoms with van der Waals surface area (Å²) in [6, 6.07) is 6.19. The maximum atomic E-state index is 12.6. The van der Waals surface area contributed by atoms with E-state index in [-0.39, 0.29) is 11.1 Å². The third kappa shape index (κ3) is 3.48. The molecule has 0 aliphatic carbocycles. The van der Waals surface area contributed by atoms with Crippen molar-refractivity contribution in [1.29, 1.82) is 0 Å². The van der Waals surface area contributed by atoms with Gasteiger partial charge in [0, 0.05) is 10.8 Å². The van der Waals surface area contributed by atoms with Crippen LogP contribution in [0.3, 0.4) is 0 Å². The van der Waals surface area contributed by atoms with E-state index in [0.717, 1.165) is 0 Å². The van der Waals surface area contributed by atoms with Gasteiger partial charge in [-0.2, -0.15) is 0 Å².